The second kappa shape index (κ2) is 5.66. The first-order valence-electron chi connectivity index (χ1n) is 5.82. The first kappa shape index (κ1) is 12.6. The van der Waals surface area contributed by atoms with Crippen LogP contribution in [0.5, 0.6) is 0 Å². The van der Waals surface area contributed by atoms with E-state index in [-0.39, 0.29) is 6.61 Å². The minimum atomic E-state index is -0.734. The predicted molar refractivity (Wildman–Crippen MR) is 70.2 cm³/mol. The molecule has 0 aliphatic heterocycles. The molecule has 3 N–H and O–H groups in total. The summed E-state index contributed by atoms with van der Waals surface area (Å²) in [4.78, 5) is 0. The van der Waals surface area contributed by atoms with E-state index in [9.17, 15) is 5.11 Å². The smallest absolute Gasteiger partial charge is 0.0942 e. The van der Waals surface area contributed by atoms with E-state index in [1.807, 2.05) is 42.1 Å². The third-order valence-electron chi connectivity index (χ3n) is 2.75. The van der Waals surface area contributed by atoms with Crippen molar-refractivity contribution < 1.29 is 10.2 Å². The quantitative estimate of drug-likeness (QED) is 0.732. The minimum Gasteiger partial charge on any atom is -0.394 e. The van der Waals surface area contributed by atoms with Crippen LogP contribution in [0.25, 0.3) is 11.3 Å². The maximum atomic E-state index is 9.24. The number of aryl methyl sites for hydroxylation is 1. The fourth-order valence-corrected chi connectivity index (χ4v) is 1.72. The van der Waals surface area contributed by atoms with Gasteiger partial charge in [-0.2, -0.15) is 5.10 Å². The molecule has 0 radical (unpaired) electrons. The predicted octanol–water partition coefficient (Wildman–Crippen LogP) is 0.852. The monoisotopic (exact) mass is 247 g/mol. The molecule has 1 unspecified atom stereocenters. The highest BCUT2D eigenvalue weighted by atomic mass is 16.3. The molecule has 1 atom stereocenters. The van der Waals surface area contributed by atoms with Gasteiger partial charge in [0, 0.05) is 25.5 Å². The van der Waals surface area contributed by atoms with Crippen molar-refractivity contribution in [2.75, 3.05) is 18.5 Å². The van der Waals surface area contributed by atoms with E-state index in [1.54, 1.807) is 6.20 Å². The molecule has 0 aliphatic carbocycles. The zero-order valence-electron chi connectivity index (χ0n) is 10.2. The molecule has 5 heteroatoms. The summed E-state index contributed by atoms with van der Waals surface area (Å²) in [5.41, 5.74) is 3.05. The Kier molecular flexibility index (Phi) is 3.96. The molecular formula is C13H17N3O2. The van der Waals surface area contributed by atoms with Crippen LogP contribution in [0.1, 0.15) is 0 Å². The normalized spacial score (nSPS) is 12.4. The highest BCUT2D eigenvalue weighted by molar-refractivity contribution is 5.62. The van der Waals surface area contributed by atoms with Crippen LogP contribution in [0, 0.1) is 0 Å². The Morgan fingerprint density at radius 2 is 2.00 bits per heavy atom. The number of hydrogen-bond donors (Lipinski definition) is 3. The highest BCUT2D eigenvalue weighted by Gasteiger charge is 2.03. The number of nitrogens with zero attached hydrogens (tertiary/aromatic N) is 2. The van der Waals surface area contributed by atoms with Gasteiger partial charge in [0.25, 0.3) is 0 Å². The van der Waals surface area contributed by atoms with Crippen molar-refractivity contribution in [1.29, 1.82) is 0 Å². The molecule has 96 valence electrons. The van der Waals surface area contributed by atoms with Crippen molar-refractivity contribution in [3.63, 3.8) is 0 Å². The molecule has 2 rings (SSSR count). The Morgan fingerprint density at radius 3 is 2.56 bits per heavy atom. The van der Waals surface area contributed by atoms with Crippen LogP contribution in [0.3, 0.4) is 0 Å². The largest absolute Gasteiger partial charge is 0.394 e. The number of anilines is 1. The molecule has 0 saturated carbocycles. The summed E-state index contributed by atoms with van der Waals surface area (Å²) < 4.78 is 1.82. The Morgan fingerprint density at radius 1 is 1.28 bits per heavy atom. The summed E-state index contributed by atoms with van der Waals surface area (Å²) >= 11 is 0. The Hall–Kier alpha value is -1.85. The second-order valence-corrected chi connectivity index (χ2v) is 4.13. The van der Waals surface area contributed by atoms with E-state index in [0.29, 0.717) is 6.54 Å². The number of aliphatic hydroxyl groups excluding tert-OH is 2. The van der Waals surface area contributed by atoms with Crippen molar-refractivity contribution >= 4 is 5.69 Å². The highest BCUT2D eigenvalue weighted by Crippen LogP contribution is 2.20. The second-order valence-electron chi connectivity index (χ2n) is 4.13. The lowest BCUT2D eigenvalue weighted by molar-refractivity contribution is 0.105. The fraction of sp³-hybridized carbons (Fsp3) is 0.308. The van der Waals surface area contributed by atoms with E-state index >= 15 is 0 Å². The van der Waals surface area contributed by atoms with Gasteiger partial charge >= 0.3 is 0 Å². The molecule has 5 nitrogen and oxygen atoms in total. The Balaban J connectivity index is 2.04. The van der Waals surface area contributed by atoms with Crippen LogP contribution in [0.2, 0.25) is 0 Å². The maximum absolute atomic E-state index is 9.24. The number of hydrogen-bond acceptors (Lipinski definition) is 4. The molecule has 0 amide bonds. The molecule has 0 bridgehead atoms. The van der Waals surface area contributed by atoms with Gasteiger partial charge in [-0.1, -0.05) is 12.1 Å². The fourth-order valence-electron chi connectivity index (χ4n) is 1.72. The SMILES string of the molecule is Cn1nccc1-c1ccc(NCC(O)CO)cc1. The summed E-state index contributed by atoms with van der Waals surface area (Å²) in [6, 6.07) is 9.81. The molecule has 0 spiro atoms. The molecule has 1 aromatic heterocycles. The van der Waals surface area contributed by atoms with E-state index in [0.717, 1.165) is 16.9 Å². The number of aromatic nitrogens is 2. The number of benzene rings is 1. The van der Waals surface area contributed by atoms with Gasteiger partial charge < -0.3 is 15.5 Å². The average molecular weight is 247 g/mol. The van der Waals surface area contributed by atoms with E-state index < -0.39 is 6.10 Å². The Labute approximate surface area is 106 Å². The van der Waals surface area contributed by atoms with Crippen molar-refractivity contribution in [1.82, 2.24) is 9.78 Å². The summed E-state index contributed by atoms with van der Waals surface area (Å²) in [5, 5.41) is 25.1. The number of nitrogens with one attached hydrogen (secondary N) is 1. The van der Waals surface area contributed by atoms with Gasteiger partial charge in [0.2, 0.25) is 0 Å². The summed E-state index contributed by atoms with van der Waals surface area (Å²) in [6.45, 7) is 0.0989. The zero-order chi connectivity index (χ0) is 13.0. The first-order valence-corrected chi connectivity index (χ1v) is 5.82. The number of rotatable bonds is 5. The average Bonchev–Trinajstić information content (AvgIpc) is 2.83. The molecule has 0 aliphatic rings. The van der Waals surface area contributed by atoms with Crippen LogP contribution in [-0.4, -0.2) is 39.2 Å². The van der Waals surface area contributed by atoms with Crippen LogP contribution < -0.4 is 5.32 Å². The van der Waals surface area contributed by atoms with Gasteiger partial charge in [-0.05, 0) is 23.8 Å². The summed E-state index contributed by atoms with van der Waals surface area (Å²) in [6.07, 6.45) is 1.03. The molecule has 0 fully saturated rings. The summed E-state index contributed by atoms with van der Waals surface area (Å²) in [5.74, 6) is 0. The van der Waals surface area contributed by atoms with Gasteiger partial charge in [0.15, 0.2) is 0 Å². The van der Waals surface area contributed by atoms with Crippen molar-refractivity contribution in [2.45, 2.75) is 6.10 Å². The lowest BCUT2D eigenvalue weighted by Gasteiger charge is -2.10. The van der Waals surface area contributed by atoms with Crippen LogP contribution in [-0.2, 0) is 7.05 Å². The van der Waals surface area contributed by atoms with Gasteiger partial charge in [0.05, 0.1) is 18.4 Å². The molecule has 1 heterocycles. The lowest BCUT2D eigenvalue weighted by atomic mass is 10.1. The molecule has 2 aromatic rings. The Bertz CT molecular complexity index is 493. The van der Waals surface area contributed by atoms with Crippen LogP contribution in [0.15, 0.2) is 36.5 Å². The van der Waals surface area contributed by atoms with Crippen LogP contribution in [0.4, 0.5) is 5.69 Å². The van der Waals surface area contributed by atoms with Gasteiger partial charge in [-0.25, -0.2) is 0 Å². The minimum absolute atomic E-state index is 0.236. The van der Waals surface area contributed by atoms with Crippen LogP contribution >= 0.6 is 0 Å². The third-order valence-corrected chi connectivity index (χ3v) is 2.75. The van der Waals surface area contributed by atoms with E-state index in [2.05, 4.69) is 10.4 Å². The van der Waals surface area contributed by atoms with Gasteiger partial charge in [0.1, 0.15) is 0 Å². The zero-order valence-corrected chi connectivity index (χ0v) is 10.2. The molecule has 18 heavy (non-hydrogen) atoms. The van der Waals surface area contributed by atoms with E-state index in [1.165, 1.54) is 0 Å². The lowest BCUT2D eigenvalue weighted by Crippen LogP contribution is -2.22. The maximum Gasteiger partial charge on any atom is 0.0942 e. The molecule has 0 saturated heterocycles. The molecule has 1 aromatic carbocycles. The standard InChI is InChI=1S/C13H17N3O2/c1-16-13(6-7-15-16)10-2-4-11(5-3-10)14-8-12(18)9-17/h2-7,12,14,17-18H,8-9H2,1H3. The third kappa shape index (κ3) is 2.88. The van der Waals surface area contributed by atoms with Gasteiger partial charge in [-0.15, -0.1) is 0 Å². The topological polar surface area (TPSA) is 70.3 Å². The van der Waals surface area contributed by atoms with E-state index in [4.69, 9.17) is 5.11 Å². The summed E-state index contributed by atoms with van der Waals surface area (Å²) in [7, 11) is 1.90. The number of aliphatic hydroxyl groups is 2. The van der Waals surface area contributed by atoms with Gasteiger partial charge in [-0.3, -0.25) is 4.68 Å². The molecular weight excluding hydrogens is 230 g/mol. The first-order chi connectivity index (χ1) is 8.70. The van der Waals surface area contributed by atoms with Crippen molar-refractivity contribution in [3.8, 4) is 11.3 Å². The van der Waals surface area contributed by atoms with Crippen molar-refractivity contribution in [3.05, 3.63) is 36.5 Å². The van der Waals surface area contributed by atoms with Crippen molar-refractivity contribution in [2.24, 2.45) is 7.05 Å².